The Morgan fingerprint density at radius 3 is 2.83 bits per heavy atom. The largest absolute Gasteiger partial charge is 0.310 e. The Morgan fingerprint density at radius 1 is 1.28 bits per heavy atom. The Hall–Kier alpha value is -0.640. The van der Waals surface area contributed by atoms with Gasteiger partial charge < -0.3 is 5.32 Å². The summed E-state index contributed by atoms with van der Waals surface area (Å²) in [6.07, 6.45) is 2.23. The Labute approximate surface area is 121 Å². The van der Waals surface area contributed by atoms with Crippen LogP contribution in [0.4, 0.5) is 0 Å². The third-order valence-corrected chi connectivity index (χ3v) is 4.43. The van der Waals surface area contributed by atoms with Gasteiger partial charge in [0, 0.05) is 21.9 Å². The molecule has 0 saturated heterocycles. The van der Waals surface area contributed by atoms with Gasteiger partial charge in [0.2, 0.25) is 0 Å². The first-order valence-electron chi connectivity index (χ1n) is 6.31. The van der Waals surface area contributed by atoms with E-state index in [2.05, 4.69) is 69.9 Å². The van der Waals surface area contributed by atoms with Crippen molar-refractivity contribution < 1.29 is 0 Å². The highest BCUT2D eigenvalue weighted by molar-refractivity contribution is 9.10. The van der Waals surface area contributed by atoms with Crippen LogP contribution in [0, 0.1) is 0 Å². The summed E-state index contributed by atoms with van der Waals surface area (Å²) in [5.74, 6) is 0. The normalized spacial score (nSPS) is 12.6. The van der Waals surface area contributed by atoms with Gasteiger partial charge in [0.1, 0.15) is 0 Å². The number of nitrogens with one attached hydrogen (secondary N) is 1. The number of halogens is 1. The maximum atomic E-state index is 3.64. The van der Waals surface area contributed by atoms with Crippen molar-refractivity contribution in [1.82, 2.24) is 5.32 Å². The summed E-state index contributed by atoms with van der Waals surface area (Å²) in [6, 6.07) is 13.3. The van der Waals surface area contributed by atoms with Gasteiger partial charge in [-0.2, -0.15) is 0 Å². The van der Waals surface area contributed by atoms with E-state index in [1.54, 1.807) is 0 Å². The van der Waals surface area contributed by atoms with E-state index in [-0.39, 0.29) is 0 Å². The molecule has 1 atom stereocenters. The molecule has 1 aromatic heterocycles. The molecule has 1 nitrogen and oxygen atoms in total. The van der Waals surface area contributed by atoms with Gasteiger partial charge in [-0.1, -0.05) is 41.1 Å². The van der Waals surface area contributed by atoms with Gasteiger partial charge in [-0.25, -0.2) is 0 Å². The molecule has 0 spiro atoms. The van der Waals surface area contributed by atoms with Crippen LogP contribution in [-0.2, 0) is 6.42 Å². The number of hydrogen-bond donors (Lipinski definition) is 1. The molecule has 0 aliphatic rings. The number of benzene rings is 1. The lowest BCUT2D eigenvalue weighted by atomic mass is 10.0. The molecule has 2 rings (SSSR count). The van der Waals surface area contributed by atoms with Gasteiger partial charge >= 0.3 is 0 Å². The molecular formula is C15H18BrNS. The van der Waals surface area contributed by atoms with Gasteiger partial charge in [-0.05, 0) is 42.0 Å². The van der Waals surface area contributed by atoms with E-state index in [9.17, 15) is 0 Å². The molecule has 0 amide bonds. The summed E-state index contributed by atoms with van der Waals surface area (Å²) < 4.78 is 1.15. The minimum Gasteiger partial charge on any atom is -0.310 e. The summed E-state index contributed by atoms with van der Waals surface area (Å²) in [5.41, 5.74) is 1.36. The van der Waals surface area contributed by atoms with Crippen LogP contribution in [0.3, 0.4) is 0 Å². The summed E-state index contributed by atoms with van der Waals surface area (Å²) in [7, 11) is 0. The summed E-state index contributed by atoms with van der Waals surface area (Å²) >= 11 is 5.37. The predicted molar refractivity (Wildman–Crippen MR) is 83.2 cm³/mol. The quantitative estimate of drug-likeness (QED) is 0.805. The lowest BCUT2D eigenvalue weighted by Crippen LogP contribution is -2.23. The van der Waals surface area contributed by atoms with Crippen LogP contribution < -0.4 is 5.32 Å². The van der Waals surface area contributed by atoms with Gasteiger partial charge in [0.05, 0.1) is 0 Å². The maximum Gasteiger partial charge on any atom is 0.0318 e. The SMILES string of the molecule is CCC(NCCc1cccs1)c1cccc(Br)c1. The number of rotatable bonds is 6. The average Bonchev–Trinajstić information content (AvgIpc) is 2.88. The third-order valence-electron chi connectivity index (χ3n) is 3.00. The zero-order valence-corrected chi connectivity index (χ0v) is 12.9. The highest BCUT2D eigenvalue weighted by Gasteiger charge is 2.08. The summed E-state index contributed by atoms with van der Waals surface area (Å²) in [4.78, 5) is 1.45. The fourth-order valence-electron chi connectivity index (χ4n) is 2.05. The fourth-order valence-corrected chi connectivity index (χ4v) is 3.17. The van der Waals surface area contributed by atoms with Crippen LogP contribution in [0.25, 0.3) is 0 Å². The van der Waals surface area contributed by atoms with E-state index in [1.807, 2.05) is 11.3 Å². The van der Waals surface area contributed by atoms with Crippen LogP contribution in [0.2, 0.25) is 0 Å². The van der Waals surface area contributed by atoms with Crippen LogP contribution >= 0.6 is 27.3 Å². The molecule has 1 aromatic carbocycles. The second kappa shape index (κ2) is 7.07. The molecule has 2 aromatic rings. The lowest BCUT2D eigenvalue weighted by molar-refractivity contribution is 0.523. The zero-order valence-electron chi connectivity index (χ0n) is 10.5. The van der Waals surface area contributed by atoms with Crippen LogP contribution in [-0.4, -0.2) is 6.54 Å². The van der Waals surface area contributed by atoms with Crippen molar-refractivity contribution in [1.29, 1.82) is 0 Å². The first kappa shape index (κ1) is 13.8. The molecule has 18 heavy (non-hydrogen) atoms. The van der Waals surface area contributed by atoms with E-state index in [0.29, 0.717) is 6.04 Å². The van der Waals surface area contributed by atoms with Crippen LogP contribution in [0.1, 0.15) is 29.8 Å². The van der Waals surface area contributed by atoms with Crippen molar-refractivity contribution >= 4 is 27.3 Å². The molecular weight excluding hydrogens is 306 g/mol. The summed E-state index contributed by atoms with van der Waals surface area (Å²) in [6.45, 7) is 3.26. The minimum atomic E-state index is 0.447. The molecule has 1 unspecified atom stereocenters. The zero-order chi connectivity index (χ0) is 12.8. The van der Waals surface area contributed by atoms with E-state index < -0.39 is 0 Å². The number of hydrogen-bond acceptors (Lipinski definition) is 2. The highest BCUT2D eigenvalue weighted by Crippen LogP contribution is 2.20. The molecule has 0 radical (unpaired) electrons. The second-order valence-corrected chi connectivity index (χ2v) is 6.25. The Bertz CT molecular complexity index is 467. The van der Waals surface area contributed by atoms with Crippen LogP contribution in [0.5, 0.6) is 0 Å². The smallest absolute Gasteiger partial charge is 0.0318 e. The molecule has 0 aliphatic carbocycles. The van der Waals surface area contributed by atoms with Crippen molar-refractivity contribution in [3.05, 3.63) is 56.7 Å². The van der Waals surface area contributed by atoms with Crippen molar-refractivity contribution in [3.63, 3.8) is 0 Å². The highest BCUT2D eigenvalue weighted by atomic mass is 79.9. The fraction of sp³-hybridized carbons (Fsp3) is 0.333. The topological polar surface area (TPSA) is 12.0 Å². The van der Waals surface area contributed by atoms with Crippen molar-refractivity contribution in [2.45, 2.75) is 25.8 Å². The lowest BCUT2D eigenvalue weighted by Gasteiger charge is -2.17. The maximum absolute atomic E-state index is 3.64. The first-order valence-corrected chi connectivity index (χ1v) is 7.98. The molecule has 0 aliphatic heterocycles. The van der Waals surface area contributed by atoms with Crippen molar-refractivity contribution in [2.24, 2.45) is 0 Å². The average molecular weight is 324 g/mol. The van der Waals surface area contributed by atoms with Crippen LogP contribution in [0.15, 0.2) is 46.3 Å². The summed E-state index contributed by atoms with van der Waals surface area (Å²) in [5, 5.41) is 5.78. The molecule has 0 bridgehead atoms. The minimum absolute atomic E-state index is 0.447. The van der Waals surface area contributed by atoms with Gasteiger partial charge in [-0.15, -0.1) is 11.3 Å². The Kier molecular flexibility index (Phi) is 5.42. The molecule has 0 saturated carbocycles. The Morgan fingerprint density at radius 2 is 2.17 bits per heavy atom. The van der Waals surface area contributed by atoms with E-state index in [0.717, 1.165) is 23.9 Å². The molecule has 1 heterocycles. The molecule has 96 valence electrons. The third kappa shape index (κ3) is 3.94. The van der Waals surface area contributed by atoms with E-state index in [1.165, 1.54) is 10.4 Å². The van der Waals surface area contributed by atoms with Crippen molar-refractivity contribution in [2.75, 3.05) is 6.54 Å². The van der Waals surface area contributed by atoms with E-state index >= 15 is 0 Å². The molecule has 1 N–H and O–H groups in total. The molecule has 3 heteroatoms. The standard InChI is InChI=1S/C15H18BrNS/c1-2-15(12-5-3-6-13(16)11-12)17-9-8-14-7-4-10-18-14/h3-7,10-11,15,17H,2,8-9H2,1H3. The monoisotopic (exact) mass is 323 g/mol. The van der Waals surface area contributed by atoms with Crippen molar-refractivity contribution in [3.8, 4) is 0 Å². The second-order valence-electron chi connectivity index (χ2n) is 4.30. The Balaban J connectivity index is 1.89. The first-order chi connectivity index (χ1) is 8.79. The van der Waals surface area contributed by atoms with E-state index in [4.69, 9.17) is 0 Å². The van der Waals surface area contributed by atoms with Gasteiger partial charge in [-0.3, -0.25) is 0 Å². The van der Waals surface area contributed by atoms with Gasteiger partial charge in [0.25, 0.3) is 0 Å². The predicted octanol–water partition coefficient (Wildman–Crippen LogP) is 4.79. The van der Waals surface area contributed by atoms with Gasteiger partial charge in [0.15, 0.2) is 0 Å². The number of thiophene rings is 1. The molecule has 0 fully saturated rings.